The molecule has 4 heteroatoms. The molecule has 0 unspecified atom stereocenters. The van der Waals surface area contributed by atoms with Crippen LogP contribution in [0.25, 0.3) is 0 Å². The smallest absolute Gasteiger partial charge is 0.117 e. The lowest BCUT2D eigenvalue weighted by atomic mass is 10.5. The summed E-state index contributed by atoms with van der Waals surface area (Å²) in [5, 5.41) is 16.2. The second-order valence-electron chi connectivity index (χ2n) is 1.83. The zero-order valence-electron chi connectivity index (χ0n) is 6.69. The standard InChI is InChI=1S/C8H10N2O2/c9-3-1-5-11-7-8-12-6-2-4-10/h7-8H,1-2,5-6H2/b8-7+. The number of hydrogen-bond acceptors (Lipinski definition) is 4. The molecular weight excluding hydrogens is 156 g/mol. The van der Waals surface area contributed by atoms with E-state index in [0.717, 1.165) is 0 Å². The van der Waals surface area contributed by atoms with E-state index >= 15 is 0 Å². The van der Waals surface area contributed by atoms with Crippen LogP contribution in [0.2, 0.25) is 0 Å². The molecule has 0 heterocycles. The predicted octanol–water partition coefficient (Wildman–Crippen LogP) is 1.32. The van der Waals surface area contributed by atoms with Crippen molar-refractivity contribution < 1.29 is 9.47 Å². The topological polar surface area (TPSA) is 66.0 Å². The van der Waals surface area contributed by atoms with Gasteiger partial charge in [0, 0.05) is 0 Å². The van der Waals surface area contributed by atoms with Gasteiger partial charge in [-0.2, -0.15) is 10.5 Å². The highest BCUT2D eigenvalue weighted by atomic mass is 16.5. The van der Waals surface area contributed by atoms with Crippen LogP contribution in [0.1, 0.15) is 12.8 Å². The van der Waals surface area contributed by atoms with Gasteiger partial charge in [-0.25, -0.2) is 0 Å². The van der Waals surface area contributed by atoms with Gasteiger partial charge in [0.15, 0.2) is 0 Å². The third-order valence-electron chi connectivity index (χ3n) is 0.911. The minimum Gasteiger partial charge on any atom is -0.497 e. The normalized spacial score (nSPS) is 8.83. The quantitative estimate of drug-likeness (QED) is 0.441. The monoisotopic (exact) mass is 166 g/mol. The molecule has 0 aromatic carbocycles. The molecule has 4 nitrogen and oxygen atoms in total. The van der Waals surface area contributed by atoms with Gasteiger partial charge in [0.25, 0.3) is 0 Å². The minimum absolute atomic E-state index is 0.364. The van der Waals surface area contributed by atoms with Crippen LogP contribution in [-0.2, 0) is 9.47 Å². The van der Waals surface area contributed by atoms with Crippen LogP contribution in [0.5, 0.6) is 0 Å². The van der Waals surface area contributed by atoms with Gasteiger partial charge in [0.1, 0.15) is 25.7 Å². The first kappa shape index (κ1) is 10.3. The maximum Gasteiger partial charge on any atom is 0.117 e. The molecule has 0 aliphatic carbocycles. The maximum atomic E-state index is 8.12. The first-order valence-corrected chi connectivity index (χ1v) is 3.54. The second kappa shape index (κ2) is 9.32. The molecule has 0 aromatic rings. The molecular formula is C8H10N2O2. The van der Waals surface area contributed by atoms with E-state index in [2.05, 4.69) is 0 Å². The van der Waals surface area contributed by atoms with Crippen LogP contribution in [0.4, 0.5) is 0 Å². The number of nitriles is 2. The Labute approximate surface area is 71.6 Å². The first-order chi connectivity index (χ1) is 5.91. The summed E-state index contributed by atoms with van der Waals surface area (Å²) in [6.45, 7) is 0.739. The van der Waals surface area contributed by atoms with E-state index in [-0.39, 0.29) is 0 Å². The highest BCUT2D eigenvalue weighted by Crippen LogP contribution is 1.85. The molecule has 0 fully saturated rings. The Morgan fingerprint density at radius 3 is 1.67 bits per heavy atom. The van der Waals surface area contributed by atoms with E-state index in [1.54, 1.807) is 0 Å². The lowest BCUT2D eigenvalue weighted by Gasteiger charge is -1.95. The van der Waals surface area contributed by atoms with E-state index in [1.807, 2.05) is 12.1 Å². The van der Waals surface area contributed by atoms with Gasteiger partial charge in [0.2, 0.25) is 0 Å². The van der Waals surface area contributed by atoms with Crippen molar-refractivity contribution in [2.45, 2.75) is 12.8 Å². The van der Waals surface area contributed by atoms with E-state index in [0.29, 0.717) is 26.1 Å². The summed E-state index contributed by atoms with van der Waals surface area (Å²) >= 11 is 0. The lowest BCUT2D eigenvalue weighted by molar-refractivity contribution is 0.211. The maximum absolute atomic E-state index is 8.12. The van der Waals surface area contributed by atoms with Gasteiger partial charge in [-0.1, -0.05) is 0 Å². The summed E-state index contributed by atoms with van der Waals surface area (Å²) in [4.78, 5) is 0. The second-order valence-corrected chi connectivity index (χ2v) is 1.83. The van der Waals surface area contributed by atoms with Crippen molar-refractivity contribution in [1.29, 1.82) is 10.5 Å². The van der Waals surface area contributed by atoms with E-state index in [9.17, 15) is 0 Å². The summed E-state index contributed by atoms with van der Waals surface area (Å²) in [6.07, 6.45) is 3.47. The highest BCUT2D eigenvalue weighted by Gasteiger charge is 1.81. The van der Waals surface area contributed by atoms with E-state index in [1.165, 1.54) is 12.5 Å². The average molecular weight is 166 g/mol. The summed E-state index contributed by atoms with van der Waals surface area (Å²) in [7, 11) is 0. The number of hydrogen-bond donors (Lipinski definition) is 0. The molecule has 0 aromatic heterocycles. The Kier molecular flexibility index (Phi) is 8.02. The zero-order chi connectivity index (χ0) is 9.07. The van der Waals surface area contributed by atoms with Crippen LogP contribution >= 0.6 is 0 Å². The Bertz CT molecular complexity index is 178. The molecule has 64 valence electrons. The van der Waals surface area contributed by atoms with Gasteiger partial charge in [-0.05, 0) is 0 Å². The lowest BCUT2D eigenvalue weighted by Crippen LogP contribution is -1.87. The van der Waals surface area contributed by atoms with Gasteiger partial charge in [-0.3, -0.25) is 0 Å². The molecule has 0 spiro atoms. The SMILES string of the molecule is N#CCCO/C=C/OCCC#N. The zero-order valence-corrected chi connectivity index (χ0v) is 6.69. The Balaban J connectivity index is 3.06. The van der Waals surface area contributed by atoms with Crippen molar-refractivity contribution in [3.8, 4) is 12.1 Å². The fraction of sp³-hybridized carbons (Fsp3) is 0.500. The van der Waals surface area contributed by atoms with E-state index < -0.39 is 0 Å². The largest absolute Gasteiger partial charge is 0.497 e. The van der Waals surface area contributed by atoms with Crippen molar-refractivity contribution in [2.75, 3.05) is 13.2 Å². The molecule has 0 atom stereocenters. The first-order valence-electron chi connectivity index (χ1n) is 3.54. The summed E-state index contributed by atoms with van der Waals surface area (Å²) < 4.78 is 9.69. The van der Waals surface area contributed by atoms with Crippen molar-refractivity contribution in [3.63, 3.8) is 0 Å². The van der Waals surface area contributed by atoms with Gasteiger partial charge in [-0.15, -0.1) is 0 Å². The summed E-state index contributed by atoms with van der Waals surface area (Å²) in [6, 6.07) is 3.87. The van der Waals surface area contributed by atoms with Crippen molar-refractivity contribution in [2.24, 2.45) is 0 Å². The molecule has 0 N–H and O–H groups in total. The number of ether oxygens (including phenoxy) is 2. The molecule has 0 saturated carbocycles. The fourth-order valence-corrected chi connectivity index (χ4v) is 0.424. The summed E-state index contributed by atoms with van der Waals surface area (Å²) in [5.41, 5.74) is 0. The molecule has 0 rings (SSSR count). The van der Waals surface area contributed by atoms with Crippen LogP contribution in [0, 0.1) is 22.7 Å². The molecule has 0 radical (unpaired) electrons. The predicted molar refractivity (Wildman–Crippen MR) is 41.5 cm³/mol. The summed E-state index contributed by atoms with van der Waals surface area (Å²) in [5.74, 6) is 0. The Morgan fingerprint density at radius 1 is 0.917 bits per heavy atom. The molecule has 0 aliphatic rings. The van der Waals surface area contributed by atoms with Crippen LogP contribution in [-0.4, -0.2) is 13.2 Å². The van der Waals surface area contributed by atoms with E-state index in [4.69, 9.17) is 20.0 Å². The van der Waals surface area contributed by atoms with Crippen LogP contribution in [0.15, 0.2) is 12.5 Å². The van der Waals surface area contributed by atoms with Gasteiger partial charge >= 0.3 is 0 Å². The fourth-order valence-electron chi connectivity index (χ4n) is 0.424. The molecule has 12 heavy (non-hydrogen) atoms. The highest BCUT2D eigenvalue weighted by molar-refractivity contribution is 4.71. The number of nitrogens with zero attached hydrogens (tertiary/aromatic N) is 2. The molecule has 0 saturated heterocycles. The van der Waals surface area contributed by atoms with Crippen LogP contribution < -0.4 is 0 Å². The van der Waals surface area contributed by atoms with Crippen LogP contribution in [0.3, 0.4) is 0 Å². The third-order valence-corrected chi connectivity index (χ3v) is 0.911. The Morgan fingerprint density at radius 2 is 1.33 bits per heavy atom. The average Bonchev–Trinajstić information content (AvgIpc) is 2.10. The molecule has 0 bridgehead atoms. The van der Waals surface area contributed by atoms with Crippen molar-refractivity contribution in [3.05, 3.63) is 12.5 Å². The molecule has 0 amide bonds. The van der Waals surface area contributed by atoms with Crippen molar-refractivity contribution >= 4 is 0 Å². The third kappa shape index (κ3) is 8.32. The Hall–Kier alpha value is -1.68. The van der Waals surface area contributed by atoms with Gasteiger partial charge < -0.3 is 9.47 Å². The van der Waals surface area contributed by atoms with Crippen molar-refractivity contribution in [1.82, 2.24) is 0 Å². The molecule has 0 aliphatic heterocycles. The number of rotatable bonds is 6. The minimum atomic E-state index is 0.364. The van der Waals surface area contributed by atoms with Gasteiger partial charge in [0.05, 0.1) is 25.0 Å².